The fourth-order valence-corrected chi connectivity index (χ4v) is 2.93. The van der Waals surface area contributed by atoms with Crippen LogP contribution in [0.4, 0.5) is 0 Å². The predicted octanol–water partition coefficient (Wildman–Crippen LogP) is 2.11. The molecule has 0 aromatic rings. The first-order chi connectivity index (χ1) is 7.35. The van der Waals surface area contributed by atoms with E-state index in [0.29, 0.717) is 0 Å². The molecule has 0 aromatic heterocycles. The first-order valence-corrected chi connectivity index (χ1v) is 6.79. The van der Waals surface area contributed by atoms with E-state index in [1.165, 1.54) is 51.9 Å². The Morgan fingerprint density at radius 1 is 1.33 bits per heavy atom. The van der Waals surface area contributed by atoms with E-state index in [1.807, 2.05) is 0 Å². The lowest BCUT2D eigenvalue weighted by molar-refractivity contribution is 0.296. The van der Waals surface area contributed by atoms with Crippen molar-refractivity contribution in [3.8, 4) is 0 Å². The lowest BCUT2D eigenvalue weighted by Gasteiger charge is -2.16. The van der Waals surface area contributed by atoms with E-state index in [0.717, 1.165) is 17.9 Å². The van der Waals surface area contributed by atoms with Gasteiger partial charge in [-0.05, 0) is 50.7 Å². The zero-order chi connectivity index (χ0) is 10.7. The second-order valence-electron chi connectivity index (χ2n) is 5.33. The highest BCUT2D eigenvalue weighted by molar-refractivity contribution is 4.97. The fraction of sp³-hybridized carbons (Fsp3) is 1.00. The Morgan fingerprint density at radius 2 is 2.20 bits per heavy atom. The Bertz CT molecular complexity index is 193. The van der Waals surface area contributed by atoms with Crippen molar-refractivity contribution in [2.75, 3.05) is 26.2 Å². The molecule has 2 fully saturated rings. The second-order valence-corrected chi connectivity index (χ2v) is 5.33. The standard InChI is InChI=1S/C13H26N2/c1-3-6-14-9-11-5-7-15(10-11)13-8-12(13)4-2/h11-14H,3-10H2,1-2H3. The molecule has 0 spiro atoms. The molecule has 0 aromatic carbocycles. The summed E-state index contributed by atoms with van der Waals surface area (Å²) in [7, 11) is 0. The number of nitrogens with zero attached hydrogens (tertiary/aromatic N) is 1. The topological polar surface area (TPSA) is 15.3 Å². The third-order valence-electron chi connectivity index (χ3n) is 4.06. The second kappa shape index (κ2) is 5.31. The largest absolute Gasteiger partial charge is 0.316 e. The van der Waals surface area contributed by atoms with Crippen molar-refractivity contribution in [1.29, 1.82) is 0 Å². The Labute approximate surface area is 94.4 Å². The molecule has 2 heteroatoms. The van der Waals surface area contributed by atoms with E-state index < -0.39 is 0 Å². The monoisotopic (exact) mass is 210 g/mol. The van der Waals surface area contributed by atoms with Crippen LogP contribution in [0.1, 0.15) is 39.5 Å². The highest BCUT2D eigenvalue weighted by Crippen LogP contribution is 2.40. The lowest BCUT2D eigenvalue weighted by Crippen LogP contribution is -2.28. The molecule has 2 rings (SSSR count). The van der Waals surface area contributed by atoms with Crippen LogP contribution in [-0.4, -0.2) is 37.1 Å². The average Bonchev–Trinajstić information content (AvgIpc) is 2.91. The van der Waals surface area contributed by atoms with Crippen molar-refractivity contribution >= 4 is 0 Å². The van der Waals surface area contributed by atoms with Gasteiger partial charge in [-0.25, -0.2) is 0 Å². The van der Waals surface area contributed by atoms with E-state index in [-0.39, 0.29) is 0 Å². The van der Waals surface area contributed by atoms with Crippen LogP contribution in [0, 0.1) is 11.8 Å². The van der Waals surface area contributed by atoms with Crippen LogP contribution in [0.2, 0.25) is 0 Å². The van der Waals surface area contributed by atoms with E-state index in [9.17, 15) is 0 Å². The smallest absolute Gasteiger partial charge is 0.0127 e. The van der Waals surface area contributed by atoms with Gasteiger partial charge in [0.15, 0.2) is 0 Å². The van der Waals surface area contributed by atoms with Crippen LogP contribution in [0.15, 0.2) is 0 Å². The van der Waals surface area contributed by atoms with Crippen molar-refractivity contribution in [3.05, 3.63) is 0 Å². The SMILES string of the molecule is CCCNCC1CCN(C2CC2CC)C1. The van der Waals surface area contributed by atoms with Gasteiger partial charge < -0.3 is 5.32 Å². The zero-order valence-electron chi connectivity index (χ0n) is 10.3. The Balaban J connectivity index is 1.62. The summed E-state index contributed by atoms with van der Waals surface area (Å²) in [6.07, 6.45) is 5.55. The summed E-state index contributed by atoms with van der Waals surface area (Å²) in [5.74, 6) is 1.96. The van der Waals surface area contributed by atoms with Gasteiger partial charge in [0.2, 0.25) is 0 Å². The van der Waals surface area contributed by atoms with Crippen molar-refractivity contribution in [2.24, 2.45) is 11.8 Å². The number of nitrogens with one attached hydrogen (secondary N) is 1. The summed E-state index contributed by atoms with van der Waals surface area (Å²) in [6, 6.07) is 0.964. The normalized spacial score (nSPS) is 36.0. The molecule has 1 aliphatic heterocycles. The Hall–Kier alpha value is -0.0800. The van der Waals surface area contributed by atoms with Gasteiger partial charge >= 0.3 is 0 Å². The van der Waals surface area contributed by atoms with E-state index >= 15 is 0 Å². The number of hydrogen-bond donors (Lipinski definition) is 1. The quantitative estimate of drug-likeness (QED) is 0.676. The van der Waals surface area contributed by atoms with Crippen LogP contribution in [0.25, 0.3) is 0 Å². The van der Waals surface area contributed by atoms with Gasteiger partial charge in [0.05, 0.1) is 0 Å². The van der Waals surface area contributed by atoms with E-state index in [1.54, 1.807) is 0 Å². The van der Waals surface area contributed by atoms with Crippen LogP contribution < -0.4 is 5.32 Å². The maximum absolute atomic E-state index is 3.56. The molecular formula is C13H26N2. The van der Waals surface area contributed by atoms with Gasteiger partial charge in [0.25, 0.3) is 0 Å². The minimum Gasteiger partial charge on any atom is -0.316 e. The number of hydrogen-bond acceptors (Lipinski definition) is 2. The molecule has 1 saturated carbocycles. The number of rotatable bonds is 6. The molecule has 3 unspecified atom stereocenters. The maximum atomic E-state index is 3.56. The molecule has 2 nitrogen and oxygen atoms in total. The molecular weight excluding hydrogens is 184 g/mol. The molecule has 1 N–H and O–H groups in total. The van der Waals surface area contributed by atoms with Crippen molar-refractivity contribution < 1.29 is 0 Å². The minimum atomic E-state index is 0.926. The van der Waals surface area contributed by atoms with Crippen LogP contribution in [0.3, 0.4) is 0 Å². The molecule has 15 heavy (non-hydrogen) atoms. The van der Waals surface area contributed by atoms with Crippen LogP contribution in [-0.2, 0) is 0 Å². The van der Waals surface area contributed by atoms with Gasteiger partial charge in [0.1, 0.15) is 0 Å². The summed E-state index contributed by atoms with van der Waals surface area (Å²) < 4.78 is 0. The van der Waals surface area contributed by atoms with E-state index in [4.69, 9.17) is 0 Å². The van der Waals surface area contributed by atoms with E-state index in [2.05, 4.69) is 24.1 Å². The summed E-state index contributed by atoms with van der Waals surface area (Å²) in [5.41, 5.74) is 0. The van der Waals surface area contributed by atoms with Crippen molar-refractivity contribution in [2.45, 2.75) is 45.6 Å². The molecule has 0 bridgehead atoms. The summed E-state index contributed by atoms with van der Waals surface area (Å²) in [4.78, 5) is 2.74. The van der Waals surface area contributed by atoms with Crippen LogP contribution in [0.5, 0.6) is 0 Å². The van der Waals surface area contributed by atoms with Gasteiger partial charge in [0, 0.05) is 12.6 Å². The molecule has 3 atom stereocenters. The molecule has 0 amide bonds. The third-order valence-corrected chi connectivity index (χ3v) is 4.06. The molecule has 88 valence electrons. The van der Waals surface area contributed by atoms with Gasteiger partial charge in [-0.1, -0.05) is 20.3 Å². The van der Waals surface area contributed by atoms with Gasteiger partial charge in [-0.2, -0.15) is 0 Å². The zero-order valence-corrected chi connectivity index (χ0v) is 10.3. The summed E-state index contributed by atoms with van der Waals surface area (Å²) >= 11 is 0. The first kappa shape index (κ1) is 11.4. The third kappa shape index (κ3) is 2.94. The molecule has 1 saturated heterocycles. The molecule has 1 aliphatic carbocycles. The van der Waals surface area contributed by atoms with Crippen LogP contribution >= 0.6 is 0 Å². The number of likely N-dealkylation sites (tertiary alicyclic amines) is 1. The molecule has 0 radical (unpaired) electrons. The lowest BCUT2D eigenvalue weighted by atomic mass is 10.1. The fourth-order valence-electron chi connectivity index (χ4n) is 2.93. The Kier molecular flexibility index (Phi) is 4.04. The highest BCUT2D eigenvalue weighted by atomic mass is 15.2. The first-order valence-electron chi connectivity index (χ1n) is 6.79. The summed E-state index contributed by atoms with van der Waals surface area (Å²) in [5, 5.41) is 3.56. The average molecular weight is 210 g/mol. The predicted molar refractivity (Wildman–Crippen MR) is 65.0 cm³/mol. The molecule has 1 heterocycles. The summed E-state index contributed by atoms with van der Waals surface area (Å²) in [6.45, 7) is 9.73. The van der Waals surface area contributed by atoms with Crippen molar-refractivity contribution in [3.63, 3.8) is 0 Å². The molecule has 2 aliphatic rings. The van der Waals surface area contributed by atoms with Gasteiger partial charge in [-0.15, -0.1) is 0 Å². The minimum absolute atomic E-state index is 0.926. The van der Waals surface area contributed by atoms with Crippen molar-refractivity contribution in [1.82, 2.24) is 10.2 Å². The Morgan fingerprint density at radius 3 is 2.87 bits per heavy atom. The van der Waals surface area contributed by atoms with Gasteiger partial charge in [-0.3, -0.25) is 4.90 Å². The maximum Gasteiger partial charge on any atom is 0.0127 e. The highest BCUT2D eigenvalue weighted by Gasteiger charge is 2.42.